The highest BCUT2D eigenvalue weighted by atomic mass is 16.6. The zero-order chi connectivity index (χ0) is 26.6. The molecule has 3 aromatic rings. The molecule has 3 rings (SSSR count). The first-order valence-electron chi connectivity index (χ1n) is 11.5. The average Bonchev–Trinajstić information content (AvgIpc) is 3.20. The van der Waals surface area contributed by atoms with Crippen molar-refractivity contribution in [2.75, 3.05) is 31.4 Å². The van der Waals surface area contributed by atoms with Gasteiger partial charge in [-0.25, -0.2) is 14.3 Å². The maximum atomic E-state index is 13.0. The van der Waals surface area contributed by atoms with E-state index in [0.29, 0.717) is 35.1 Å². The first-order valence-corrected chi connectivity index (χ1v) is 11.5. The summed E-state index contributed by atoms with van der Waals surface area (Å²) < 4.78 is 17.8. The standard InChI is InChI=1S/C25H34N6O5/c1-15-10-19(30(6)24(33)36-25(3,4)5)22-27-12-20(31(22)29-15)23(32)28-16(2)13-35-14-17-8-9-21(34-7)18(26)11-17/h8-12,16H,13-14,26H2,1-7H3,(H,28,32)/t16-/m1/s1. The van der Waals surface area contributed by atoms with Gasteiger partial charge in [-0.2, -0.15) is 5.10 Å². The van der Waals surface area contributed by atoms with Crippen LogP contribution in [0, 0.1) is 6.92 Å². The zero-order valence-electron chi connectivity index (χ0n) is 21.8. The SMILES string of the molecule is COc1ccc(COC[C@@H](C)NC(=O)c2cnc3c(N(C)C(=O)OC(C)(C)C)cc(C)nn23)cc1N. The van der Waals surface area contributed by atoms with Crippen molar-refractivity contribution in [3.8, 4) is 5.75 Å². The molecule has 3 N–H and O–H groups in total. The summed E-state index contributed by atoms with van der Waals surface area (Å²) >= 11 is 0. The molecule has 0 spiro atoms. The molecule has 2 amide bonds. The number of imidazole rings is 1. The van der Waals surface area contributed by atoms with Crippen LogP contribution in [-0.2, 0) is 16.1 Å². The van der Waals surface area contributed by atoms with Crippen molar-refractivity contribution in [1.82, 2.24) is 19.9 Å². The predicted octanol–water partition coefficient (Wildman–Crippen LogP) is 3.33. The summed E-state index contributed by atoms with van der Waals surface area (Å²) in [5, 5.41) is 7.32. The molecule has 1 atom stereocenters. The van der Waals surface area contributed by atoms with Crippen LogP contribution < -0.4 is 20.7 Å². The Morgan fingerprint density at radius 3 is 2.61 bits per heavy atom. The Balaban J connectivity index is 1.68. The maximum Gasteiger partial charge on any atom is 0.414 e. The summed E-state index contributed by atoms with van der Waals surface area (Å²) in [5.74, 6) is 0.243. The number of aryl methyl sites for hydroxylation is 1. The van der Waals surface area contributed by atoms with Gasteiger partial charge < -0.3 is 25.3 Å². The van der Waals surface area contributed by atoms with Crippen LogP contribution in [-0.4, -0.2) is 59.0 Å². The summed E-state index contributed by atoms with van der Waals surface area (Å²) in [5.41, 5.74) is 8.40. The number of aromatic nitrogens is 3. The summed E-state index contributed by atoms with van der Waals surface area (Å²) in [6.45, 7) is 9.61. The molecule has 1 aromatic carbocycles. The largest absolute Gasteiger partial charge is 0.495 e. The number of ether oxygens (including phenoxy) is 3. The molecule has 11 nitrogen and oxygen atoms in total. The molecule has 0 fully saturated rings. The number of nitrogens with zero attached hydrogens (tertiary/aromatic N) is 4. The third-order valence-corrected chi connectivity index (χ3v) is 5.14. The third-order valence-electron chi connectivity index (χ3n) is 5.14. The van der Waals surface area contributed by atoms with Crippen LogP contribution in [0.15, 0.2) is 30.5 Å². The van der Waals surface area contributed by atoms with Gasteiger partial charge in [-0.05, 0) is 58.4 Å². The van der Waals surface area contributed by atoms with E-state index in [2.05, 4.69) is 15.4 Å². The molecular formula is C25H34N6O5. The topological polar surface area (TPSA) is 133 Å². The Hall–Kier alpha value is -3.86. The van der Waals surface area contributed by atoms with Crippen molar-refractivity contribution in [2.24, 2.45) is 0 Å². The number of methoxy groups -OCH3 is 1. The smallest absolute Gasteiger partial charge is 0.414 e. The first-order chi connectivity index (χ1) is 16.9. The van der Waals surface area contributed by atoms with Gasteiger partial charge in [0.15, 0.2) is 11.3 Å². The van der Waals surface area contributed by atoms with Gasteiger partial charge in [0.05, 0.1) is 43.6 Å². The Morgan fingerprint density at radius 2 is 1.97 bits per heavy atom. The molecule has 0 aliphatic heterocycles. The lowest BCUT2D eigenvalue weighted by Crippen LogP contribution is -2.36. The number of hydrogen-bond donors (Lipinski definition) is 2. The summed E-state index contributed by atoms with van der Waals surface area (Å²) in [4.78, 5) is 31.3. The number of benzene rings is 1. The minimum Gasteiger partial charge on any atom is -0.495 e. The van der Waals surface area contributed by atoms with Crippen molar-refractivity contribution in [2.45, 2.75) is 52.9 Å². The number of amides is 2. The lowest BCUT2D eigenvalue weighted by molar-refractivity contribution is 0.0589. The van der Waals surface area contributed by atoms with Gasteiger partial charge in [0, 0.05) is 13.1 Å². The van der Waals surface area contributed by atoms with Crippen LogP contribution in [0.5, 0.6) is 5.75 Å². The van der Waals surface area contributed by atoms with Gasteiger partial charge in [-0.15, -0.1) is 0 Å². The highest BCUT2D eigenvalue weighted by Crippen LogP contribution is 2.24. The fourth-order valence-corrected chi connectivity index (χ4v) is 3.47. The quantitative estimate of drug-likeness (QED) is 0.452. The van der Waals surface area contributed by atoms with E-state index in [4.69, 9.17) is 19.9 Å². The zero-order valence-corrected chi connectivity index (χ0v) is 21.8. The van der Waals surface area contributed by atoms with Crippen molar-refractivity contribution in [3.63, 3.8) is 0 Å². The van der Waals surface area contributed by atoms with Gasteiger partial charge in [-0.1, -0.05) is 6.07 Å². The van der Waals surface area contributed by atoms with Crippen molar-refractivity contribution < 1.29 is 23.8 Å². The molecule has 0 aliphatic carbocycles. The third kappa shape index (κ3) is 6.42. The fraction of sp³-hybridized carbons (Fsp3) is 0.440. The molecule has 36 heavy (non-hydrogen) atoms. The fourth-order valence-electron chi connectivity index (χ4n) is 3.47. The Labute approximate surface area is 210 Å². The van der Waals surface area contributed by atoms with Gasteiger partial charge in [0.2, 0.25) is 0 Å². The number of nitrogens with two attached hydrogens (primary N) is 1. The Morgan fingerprint density at radius 1 is 1.25 bits per heavy atom. The summed E-state index contributed by atoms with van der Waals surface area (Å²) in [6.07, 6.45) is 0.894. The molecule has 11 heteroatoms. The second kappa shape index (κ2) is 10.8. The lowest BCUT2D eigenvalue weighted by atomic mass is 10.2. The minimum atomic E-state index is -0.650. The first kappa shape index (κ1) is 26.7. The van der Waals surface area contributed by atoms with E-state index >= 15 is 0 Å². The van der Waals surface area contributed by atoms with Crippen molar-refractivity contribution in [1.29, 1.82) is 0 Å². The van der Waals surface area contributed by atoms with Crippen LogP contribution in [0.1, 0.15) is 49.4 Å². The summed E-state index contributed by atoms with van der Waals surface area (Å²) in [6, 6.07) is 6.88. The monoisotopic (exact) mass is 498 g/mol. The van der Waals surface area contributed by atoms with E-state index in [1.165, 1.54) is 15.6 Å². The van der Waals surface area contributed by atoms with Crippen LogP contribution in [0.25, 0.3) is 5.65 Å². The summed E-state index contributed by atoms with van der Waals surface area (Å²) in [7, 11) is 3.15. The average molecular weight is 499 g/mol. The number of rotatable bonds is 8. The molecule has 0 radical (unpaired) electrons. The number of carbonyl (C=O) groups excluding carboxylic acids is 2. The van der Waals surface area contributed by atoms with Crippen LogP contribution in [0.3, 0.4) is 0 Å². The van der Waals surface area contributed by atoms with E-state index in [-0.39, 0.29) is 24.2 Å². The number of carbonyl (C=O) groups is 2. The highest BCUT2D eigenvalue weighted by Gasteiger charge is 2.25. The van der Waals surface area contributed by atoms with Gasteiger partial charge >= 0.3 is 6.09 Å². The van der Waals surface area contributed by atoms with E-state index in [9.17, 15) is 9.59 Å². The second-order valence-corrected chi connectivity index (χ2v) is 9.56. The number of nitrogen functional groups attached to an aromatic ring is 1. The molecule has 0 saturated carbocycles. The van der Waals surface area contributed by atoms with Crippen LogP contribution >= 0.6 is 0 Å². The maximum absolute atomic E-state index is 13.0. The van der Waals surface area contributed by atoms with Crippen molar-refractivity contribution in [3.05, 3.63) is 47.4 Å². The van der Waals surface area contributed by atoms with Crippen LogP contribution in [0.2, 0.25) is 0 Å². The normalized spacial score (nSPS) is 12.3. The molecular weight excluding hydrogens is 464 g/mol. The lowest BCUT2D eigenvalue weighted by Gasteiger charge is -2.25. The van der Waals surface area contributed by atoms with Crippen molar-refractivity contribution >= 4 is 29.0 Å². The van der Waals surface area contributed by atoms with E-state index in [1.807, 2.05) is 13.0 Å². The molecule has 2 heterocycles. The number of fused-ring (bicyclic) bond motifs is 1. The molecule has 0 bridgehead atoms. The molecule has 2 aromatic heterocycles. The Bertz CT molecular complexity index is 1250. The molecule has 0 aliphatic rings. The molecule has 0 unspecified atom stereocenters. The van der Waals surface area contributed by atoms with Gasteiger partial charge in [-0.3, -0.25) is 9.69 Å². The Kier molecular flexibility index (Phi) is 8.03. The molecule has 194 valence electrons. The van der Waals surface area contributed by atoms with E-state index in [1.54, 1.807) is 60.1 Å². The van der Waals surface area contributed by atoms with E-state index in [0.717, 1.165) is 5.56 Å². The minimum absolute atomic E-state index is 0.238. The molecule has 0 saturated heterocycles. The number of nitrogens with one attached hydrogen (secondary N) is 1. The number of anilines is 2. The van der Waals surface area contributed by atoms with Crippen LogP contribution in [0.4, 0.5) is 16.2 Å². The second-order valence-electron chi connectivity index (χ2n) is 9.56. The predicted molar refractivity (Wildman–Crippen MR) is 136 cm³/mol. The van der Waals surface area contributed by atoms with Gasteiger partial charge in [0.25, 0.3) is 5.91 Å². The van der Waals surface area contributed by atoms with E-state index < -0.39 is 11.7 Å². The number of hydrogen-bond acceptors (Lipinski definition) is 8. The highest BCUT2D eigenvalue weighted by molar-refractivity contribution is 5.96. The van der Waals surface area contributed by atoms with Gasteiger partial charge in [0.1, 0.15) is 11.4 Å².